The van der Waals surface area contributed by atoms with E-state index in [0.29, 0.717) is 0 Å². The molecule has 2 N–H and O–H groups in total. The summed E-state index contributed by atoms with van der Waals surface area (Å²) in [4.78, 5) is 10.8. The van der Waals surface area contributed by atoms with Gasteiger partial charge in [0.1, 0.15) is 18.3 Å². The van der Waals surface area contributed by atoms with Crippen LogP contribution in [0.3, 0.4) is 0 Å². The minimum atomic E-state index is -1.06. The summed E-state index contributed by atoms with van der Waals surface area (Å²) in [5, 5.41) is 18.5. The van der Waals surface area contributed by atoms with Gasteiger partial charge in [0.15, 0.2) is 0 Å². The molecular formula is C11H18O5. The molecule has 0 bridgehead atoms. The Morgan fingerprint density at radius 1 is 1.50 bits per heavy atom. The highest BCUT2D eigenvalue weighted by molar-refractivity contribution is 5.66. The highest BCUT2D eigenvalue weighted by Gasteiger charge is 2.26. The molecule has 0 fully saturated rings. The third-order valence-electron chi connectivity index (χ3n) is 1.91. The monoisotopic (exact) mass is 230 g/mol. The van der Waals surface area contributed by atoms with Crippen LogP contribution in [0.4, 0.5) is 0 Å². The van der Waals surface area contributed by atoms with Gasteiger partial charge in [0.05, 0.1) is 6.61 Å². The molecule has 92 valence electrons. The van der Waals surface area contributed by atoms with Crippen molar-refractivity contribution in [3.05, 3.63) is 24.8 Å². The molecule has 0 aliphatic rings. The van der Waals surface area contributed by atoms with Gasteiger partial charge in [0.25, 0.3) is 0 Å². The average Bonchev–Trinajstić information content (AvgIpc) is 2.25. The van der Waals surface area contributed by atoms with Gasteiger partial charge in [0.2, 0.25) is 0 Å². The molecule has 0 saturated heterocycles. The zero-order valence-corrected chi connectivity index (χ0v) is 9.50. The van der Waals surface area contributed by atoms with Crippen LogP contribution in [0.25, 0.3) is 0 Å². The van der Waals surface area contributed by atoms with Gasteiger partial charge in [-0.3, -0.25) is 4.79 Å². The molecule has 5 nitrogen and oxygen atoms in total. The van der Waals surface area contributed by atoms with Crippen LogP contribution in [0.2, 0.25) is 0 Å². The molecule has 5 heteroatoms. The van der Waals surface area contributed by atoms with Crippen molar-refractivity contribution in [3.8, 4) is 0 Å². The lowest BCUT2D eigenvalue weighted by Crippen LogP contribution is -2.38. The number of methoxy groups -OCH3 is 1. The number of carbonyl (C=O) groups is 1. The van der Waals surface area contributed by atoms with Crippen LogP contribution in [0.15, 0.2) is 24.8 Å². The molecular weight excluding hydrogens is 212 g/mol. The van der Waals surface area contributed by atoms with Crippen molar-refractivity contribution < 1.29 is 24.5 Å². The van der Waals surface area contributed by atoms with E-state index >= 15 is 0 Å². The Hall–Kier alpha value is -1.17. The standard InChI is InChI=1S/C11H18O5/c1-4-9(15-3)11(14)10(6-5-7-12)16-8(2)13/h4-6,9-12,14H,1,7H2,2-3H3/b6-5-/t9-,10-,11-/m1/s1. The first kappa shape index (κ1) is 14.8. The predicted molar refractivity (Wildman–Crippen MR) is 58.8 cm³/mol. The number of hydrogen-bond donors (Lipinski definition) is 2. The molecule has 3 atom stereocenters. The van der Waals surface area contributed by atoms with Crippen LogP contribution < -0.4 is 0 Å². The van der Waals surface area contributed by atoms with Gasteiger partial charge in [-0.25, -0.2) is 0 Å². The maximum absolute atomic E-state index is 10.8. The molecule has 0 unspecified atom stereocenters. The number of hydrogen-bond acceptors (Lipinski definition) is 5. The first-order valence-corrected chi connectivity index (χ1v) is 4.85. The number of rotatable bonds is 7. The number of ether oxygens (including phenoxy) is 2. The van der Waals surface area contributed by atoms with E-state index in [1.807, 2.05) is 0 Å². The van der Waals surface area contributed by atoms with Crippen molar-refractivity contribution in [1.82, 2.24) is 0 Å². The highest BCUT2D eigenvalue weighted by Crippen LogP contribution is 2.10. The van der Waals surface area contributed by atoms with Gasteiger partial charge in [-0.05, 0) is 6.08 Å². The van der Waals surface area contributed by atoms with E-state index in [2.05, 4.69) is 6.58 Å². The maximum Gasteiger partial charge on any atom is 0.303 e. The molecule has 0 aromatic heterocycles. The van der Waals surface area contributed by atoms with Crippen LogP contribution in [0.5, 0.6) is 0 Å². The fraction of sp³-hybridized carbons (Fsp3) is 0.545. The fourth-order valence-electron chi connectivity index (χ4n) is 1.17. The van der Waals surface area contributed by atoms with Crippen molar-refractivity contribution >= 4 is 5.97 Å². The fourth-order valence-corrected chi connectivity index (χ4v) is 1.17. The van der Waals surface area contributed by atoms with Crippen LogP contribution in [-0.4, -0.2) is 48.2 Å². The van der Waals surface area contributed by atoms with Crippen LogP contribution in [0, 0.1) is 0 Å². The molecule has 0 rings (SSSR count). The minimum Gasteiger partial charge on any atom is -0.455 e. The zero-order valence-electron chi connectivity index (χ0n) is 9.50. The smallest absolute Gasteiger partial charge is 0.303 e. The number of carbonyl (C=O) groups excluding carboxylic acids is 1. The van der Waals surface area contributed by atoms with Gasteiger partial charge < -0.3 is 19.7 Å². The Morgan fingerprint density at radius 3 is 2.50 bits per heavy atom. The first-order chi connectivity index (χ1) is 7.56. The minimum absolute atomic E-state index is 0.198. The highest BCUT2D eigenvalue weighted by atomic mass is 16.6. The first-order valence-electron chi connectivity index (χ1n) is 4.85. The van der Waals surface area contributed by atoms with Crippen LogP contribution in [-0.2, 0) is 14.3 Å². The molecule has 0 spiro atoms. The number of aliphatic hydroxyl groups excluding tert-OH is 2. The quantitative estimate of drug-likeness (QED) is 0.476. The number of esters is 1. The average molecular weight is 230 g/mol. The summed E-state index contributed by atoms with van der Waals surface area (Å²) in [5.74, 6) is -0.523. The topological polar surface area (TPSA) is 76.0 Å². The normalized spacial score (nSPS) is 16.8. The zero-order chi connectivity index (χ0) is 12.6. The molecule has 16 heavy (non-hydrogen) atoms. The molecule has 0 amide bonds. The molecule has 0 aromatic rings. The van der Waals surface area contributed by atoms with Gasteiger partial charge in [-0.1, -0.05) is 12.2 Å². The summed E-state index contributed by atoms with van der Waals surface area (Å²) in [6.45, 7) is 4.54. The van der Waals surface area contributed by atoms with Crippen LogP contribution >= 0.6 is 0 Å². The predicted octanol–water partition coefficient (Wildman–Crippen LogP) is 0.0285. The molecule has 0 heterocycles. The van der Waals surface area contributed by atoms with E-state index in [1.165, 1.54) is 32.3 Å². The van der Waals surface area contributed by atoms with Crippen molar-refractivity contribution in [2.75, 3.05) is 13.7 Å². The Morgan fingerprint density at radius 2 is 2.12 bits per heavy atom. The lowest BCUT2D eigenvalue weighted by Gasteiger charge is -2.24. The molecule has 0 aliphatic carbocycles. The van der Waals surface area contributed by atoms with Crippen molar-refractivity contribution in [3.63, 3.8) is 0 Å². The van der Waals surface area contributed by atoms with E-state index in [1.54, 1.807) is 0 Å². The van der Waals surface area contributed by atoms with E-state index in [9.17, 15) is 9.90 Å². The summed E-state index contributed by atoms with van der Waals surface area (Å²) >= 11 is 0. The van der Waals surface area contributed by atoms with Crippen molar-refractivity contribution in [1.29, 1.82) is 0 Å². The summed E-state index contributed by atoms with van der Waals surface area (Å²) < 4.78 is 9.83. The molecule has 0 aliphatic heterocycles. The molecule has 0 aromatic carbocycles. The second-order valence-corrected chi connectivity index (χ2v) is 3.11. The molecule has 0 saturated carbocycles. The summed E-state index contributed by atoms with van der Waals surface area (Å²) in [5.41, 5.74) is 0. The lowest BCUT2D eigenvalue weighted by molar-refractivity contribution is -0.152. The van der Waals surface area contributed by atoms with Gasteiger partial charge >= 0.3 is 5.97 Å². The van der Waals surface area contributed by atoms with Gasteiger partial charge in [0, 0.05) is 14.0 Å². The molecule has 0 radical (unpaired) electrons. The van der Waals surface area contributed by atoms with Gasteiger partial charge in [-0.15, -0.1) is 6.58 Å². The Bertz CT molecular complexity index is 249. The van der Waals surface area contributed by atoms with Crippen LogP contribution in [0.1, 0.15) is 6.92 Å². The second kappa shape index (κ2) is 8.04. The SMILES string of the molecule is C=C[C@@H](OC)[C@@H](O)[C@@H](/C=C\CO)OC(C)=O. The Kier molecular flexibility index (Phi) is 7.45. The Balaban J connectivity index is 4.65. The maximum atomic E-state index is 10.8. The summed E-state index contributed by atoms with van der Waals surface area (Å²) in [6.07, 6.45) is 1.62. The van der Waals surface area contributed by atoms with E-state index in [0.717, 1.165) is 0 Å². The van der Waals surface area contributed by atoms with Gasteiger partial charge in [-0.2, -0.15) is 0 Å². The lowest BCUT2D eigenvalue weighted by atomic mass is 10.1. The number of aliphatic hydroxyl groups is 2. The third kappa shape index (κ3) is 5.06. The van der Waals surface area contributed by atoms with E-state index in [4.69, 9.17) is 14.6 Å². The van der Waals surface area contributed by atoms with Crippen molar-refractivity contribution in [2.24, 2.45) is 0 Å². The largest absolute Gasteiger partial charge is 0.455 e. The second-order valence-electron chi connectivity index (χ2n) is 3.11. The van der Waals surface area contributed by atoms with E-state index in [-0.39, 0.29) is 6.61 Å². The third-order valence-corrected chi connectivity index (χ3v) is 1.91. The summed E-state index contributed by atoms with van der Waals surface area (Å²) in [6, 6.07) is 0. The van der Waals surface area contributed by atoms with Crippen molar-refractivity contribution in [2.45, 2.75) is 25.2 Å². The van der Waals surface area contributed by atoms with E-state index < -0.39 is 24.3 Å². The Labute approximate surface area is 95.0 Å². The summed E-state index contributed by atoms with van der Waals surface area (Å²) in [7, 11) is 1.41.